The average molecular weight is 355 g/mol. The van der Waals surface area contributed by atoms with Gasteiger partial charge in [-0.05, 0) is 43.4 Å². The third-order valence-corrected chi connectivity index (χ3v) is 5.06. The number of alkyl halides is 3. The van der Waals surface area contributed by atoms with E-state index in [1.807, 2.05) is 12.1 Å². The predicted octanol–water partition coefficient (Wildman–Crippen LogP) is 2.36. The summed E-state index contributed by atoms with van der Waals surface area (Å²) in [5.41, 5.74) is 2.37. The number of piperazine rings is 1. The number of hydrogen-bond acceptors (Lipinski definition) is 3. The zero-order valence-electron chi connectivity index (χ0n) is 14.4. The Morgan fingerprint density at radius 2 is 1.96 bits per heavy atom. The molecule has 25 heavy (non-hydrogen) atoms. The molecule has 1 unspecified atom stereocenters. The highest BCUT2D eigenvalue weighted by Crippen LogP contribution is 2.32. The van der Waals surface area contributed by atoms with E-state index in [1.165, 1.54) is 0 Å². The van der Waals surface area contributed by atoms with Crippen LogP contribution in [0.1, 0.15) is 24.5 Å². The lowest BCUT2D eigenvalue weighted by atomic mass is 9.96. The molecule has 4 nitrogen and oxygen atoms in total. The Hall–Kier alpha value is -1.60. The Kier molecular flexibility index (Phi) is 5.34. The summed E-state index contributed by atoms with van der Waals surface area (Å²) in [6, 6.07) is 5.90. The van der Waals surface area contributed by atoms with Crippen LogP contribution in [-0.2, 0) is 17.6 Å². The molecule has 1 fully saturated rings. The van der Waals surface area contributed by atoms with Crippen LogP contribution >= 0.6 is 0 Å². The van der Waals surface area contributed by atoms with Crippen molar-refractivity contribution < 1.29 is 18.0 Å². The molecule has 1 atom stereocenters. The number of aryl methyl sites for hydroxylation is 1. The largest absolute Gasteiger partial charge is 0.471 e. The van der Waals surface area contributed by atoms with Gasteiger partial charge in [-0.15, -0.1) is 0 Å². The number of fused-ring (bicyclic) bond motifs is 1. The van der Waals surface area contributed by atoms with Gasteiger partial charge in [0.05, 0.1) is 0 Å². The lowest BCUT2D eigenvalue weighted by Gasteiger charge is -2.33. The third-order valence-electron chi connectivity index (χ3n) is 5.06. The molecule has 1 saturated heterocycles. The second-order valence-electron chi connectivity index (χ2n) is 6.86. The van der Waals surface area contributed by atoms with Gasteiger partial charge in [-0.3, -0.25) is 9.69 Å². The minimum absolute atomic E-state index is 0.127. The van der Waals surface area contributed by atoms with Crippen molar-refractivity contribution >= 4 is 11.6 Å². The fourth-order valence-corrected chi connectivity index (χ4v) is 3.73. The standard InChI is InChI=1S/C18H24F3N3O/c1-13(23-9-6-22-7-10-23)11-14-4-5-16-15(12-14)3-2-8-24(16)17(25)18(19,20)21/h4-5,12-13,22H,2-3,6-11H2,1H3. The van der Waals surface area contributed by atoms with Gasteiger partial charge >= 0.3 is 12.1 Å². The minimum atomic E-state index is -4.83. The molecule has 1 aromatic rings. The zero-order chi connectivity index (χ0) is 18.0. The van der Waals surface area contributed by atoms with E-state index in [9.17, 15) is 18.0 Å². The van der Waals surface area contributed by atoms with Gasteiger partial charge in [0.25, 0.3) is 0 Å². The van der Waals surface area contributed by atoms with Crippen molar-refractivity contribution in [2.75, 3.05) is 37.6 Å². The number of halogens is 3. The van der Waals surface area contributed by atoms with E-state index in [0.29, 0.717) is 24.6 Å². The quantitative estimate of drug-likeness (QED) is 0.904. The maximum Gasteiger partial charge on any atom is 0.471 e. The molecule has 0 saturated carbocycles. The van der Waals surface area contributed by atoms with E-state index in [1.54, 1.807) is 6.07 Å². The molecule has 1 aromatic carbocycles. The first kappa shape index (κ1) is 18.2. The molecule has 2 aliphatic heterocycles. The Balaban J connectivity index is 1.74. The lowest BCUT2D eigenvalue weighted by molar-refractivity contribution is -0.170. The van der Waals surface area contributed by atoms with Gasteiger partial charge in [0.15, 0.2) is 0 Å². The van der Waals surface area contributed by atoms with Crippen LogP contribution in [0, 0.1) is 0 Å². The summed E-state index contributed by atoms with van der Waals surface area (Å²) >= 11 is 0. The molecule has 0 aromatic heterocycles. The topological polar surface area (TPSA) is 35.6 Å². The van der Waals surface area contributed by atoms with Crippen LogP contribution in [-0.4, -0.2) is 55.7 Å². The average Bonchev–Trinajstić information content (AvgIpc) is 2.60. The molecule has 2 aliphatic rings. The Bertz CT molecular complexity index is 626. The molecular formula is C18H24F3N3O. The van der Waals surface area contributed by atoms with E-state index in [2.05, 4.69) is 17.1 Å². The highest BCUT2D eigenvalue weighted by Gasteiger charge is 2.44. The molecule has 138 valence electrons. The van der Waals surface area contributed by atoms with Crippen molar-refractivity contribution in [2.45, 2.75) is 38.4 Å². The highest BCUT2D eigenvalue weighted by atomic mass is 19.4. The van der Waals surface area contributed by atoms with Gasteiger partial charge in [-0.1, -0.05) is 12.1 Å². The third kappa shape index (κ3) is 4.15. The number of hydrogen-bond donors (Lipinski definition) is 1. The summed E-state index contributed by atoms with van der Waals surface area (Å²) in [7, 11) is 0. The highest BCUT2D eigenvalue weighted by molar-refractivity contribution is 5.98. The van der Waals surface area contributed by atoms with Crippen molar-refractivity contribution in [3.63, 3.8) is 0 Å². The first-order valence-electron chi connectivity index (χ1n) is 8.81. The van der Waals surface area contributed by atoms with Gasteiger partial charge in [0.2, 0.25) is 0 Å². The fourth-order valence-electron chi connectivity index (χ4n) is 3.73. The first-order valence-corrected chi connectivity index (χ1v) is 8.81. The van der Waals surface area contributed by atoms with Crippen molar-refractivity contribution in [1.29, 1.82) is 0 Å². The Morgan fingerprint density at radius 1 is 1.24 bits per heavy atom. The van der Waals surface area contributed by atoms with Crippen molar-refractivity contribution in [2.24, 2.45) is 0 Å². The number of rotatable bonds is 3. The molecule has 1 amide bonds. The van der Waals surface area contributed by atoms with Gasteiger partial charge in [-0.25, -0.2) is 0 Å². The van der Waals surface area contributed by atoms with Crippen LogP contribution in [0.25, 0.3) is 0 Å². The summed E-state index contributed by atoms with van der Waals surface area (Å²) in [5.74, 6) is -1.77. The van der Waals surface area contributed by atoms with Crippen LogP contribution in [0.15, 0.2) is 18.2 Å². The Morgan fingerprint density at radius 3 is 2.64 bits per heavy atom. The second-order valence-corrected chi connectivity index (χ2v) is 6.86. The van der Waals surface area contributed by atoms with Gasteiger partial charge in [-0.2, -0.15) is 13.2 Å². The molecular weight excluding hydrogens is 331 g/mol. The summed E-state index contributed by atoms with van der Waals surface area (Å²) in [4.78, 5) is 14.9. The summed E-state index contributed by atoms with van der Waals surface area (Å²) < 4.78 is 38.3. The maximum absolute atomic E-state index is 12.8. The molecule has 0 radical (unpaired) electrons. The number of benzene rings is 1. The number of amides is 1. The summed E-state index contributed by atoms with van der Waals surface area (Å²) in [6.07, 6.45) is -2.69. The molecule has 2 heterocycles. The van der Waals surface area contributed by atoms with E-state index in [-0.39, 0.29) is 6.54 Å². The van der Waals surface area contributed by atoms with Crippen molar-refractivity contribution in [3.8, 4) is 0 Å². The SMILES string of the molecule is CC(Cc1ccc2c(c1)CCCN2C(=O)C(F)(F)F)N1CCNCC1. The Labute approximate surface area is 146 Å². The smallest absolute Gasteiger partial charge is 0.314 e. The van der Waals surface area contributed by atoms with Crippen LogP contribution in [0.2, 0.25) is 0 Å². The summed E-state index contributed by atoms with van der Waals surface area (Å²) in [6.45, 7) is 6.32. The lowest BCUT2D eigenvalue weighted by Crippen LogP contribution is -2.48. The number of nitrogens with zero attached hydrogens (tertiary/aromatic N) is 2. The van der Waals surface area contributed by atoms with Gasteiger partial charge in [0.1, 0.15) is 0 Å². The second kappa shape index (κ2) is 7.33. The normalized spacial score (nSPS) is 20.2. The first-order chi connectivity index (χ1) is 11.9. The van der Waals surface area contributed by atoms with Crippen LogP contribution < -0.4 is 10.2 Å². The molecule has 7 heteroatoms. The van der Waals surface area contributed by atoms with Gasteiger partial charge < -0.3 is 10.2 Å². The molecule has 0 aliphatic carbocycles. The summed E-state index contributed by atoms with van der Waals surface area (Å²) in [5, 5.41) is 3.33. The minimum Gasteiger partial charge on any atom is -0.314 e. The monoisotopic (exact) mass is 355 g/mol. The number of nitrogens with one attached hydrogen (secondary N) is 1. The maximum atomic E-state index is 12.8. The van der Waals surface area contributed by atoms with E-state index < -0.39 is 12.1 Å². The molecule has 3 rings (SSSR count). The van der Waals surface area contributed by atoms with E-state index in [4.69, 9.17) is 0 Å². The predicted molar refractivity (Wildman–Crippen MR) is 90.8 cm³/mol. The van der Waals surface area contributed by atoms with Crippen LogP contribution in [0.4, 0.5) is 18.9 Å². The molecule has 0 bridgehead atoms. The van der Waals surface area contributed by atoms with E-state index >= 15 is 0 Å². The number of carbonyl (C=O) groups excluding carboxylic acids is 1. The van der Waals surface area contributed by atoms with Crippen molar-refractivity contribution in [3.05, 3.63) is 29.3 Å². The van der Waals surface area contributed by atoms with Crippen LogP contribution in [0.3, 0.4) is 0 Å². The van der Waals surface area contributed by atoms with Gasteiger partial charge in [0, 0.05) is 44.5 Å². The molecule has 1 N–H and O–H groups in total. The zero-order valence-corrected chi connectivity index (χ0v) is 14.4. The van der Waals surface area contributed by atoms with Crippen LogP contribution in [0.5, 0.6) is 0 Å². The van der Waals surface area contributed by atoms with Crippen molar-refractivity contribution in [1.82, 2.24) is 10.2 Å². The number of carbonyl (C=O) groups is 1. The number of anilines is 1. The fraction of sp³-hybridized carbons (Fsp3) is 0.611. The molecule has 0 spiro atoms. The van der Waals surface area contributed by atoms with E-state index in [0.717, 1.165) is 48.6 Å².